The van der Waals surface area contributed by atoms with Crippen LogP contribution in [0.4, 0.5) is 17.2 Å². The van der Waals surface area contributed by atoms with Crippen LogP contribution in [-0.4, -0.2) is 37.9 Å². The Morgan fingerprint density at radius 2 is 1.48 bits per heavy atom. The SMILES string of the molecule is CN(C)c1ccc(C(=O)Nc2ccc(N(C)C(=O)c3ccc(Cl)cc3)cc2)cn1. The zero-order valence-corrected chi connectivity index (χ0v) is 17.1. The molecule has 6 nitrogen and oxygen atoms in total. The third-order valence-corrected chi connectivity index (χ3v) is 4.63. The maximum atomic E-state index is 12.6. The van der Waals surface area contributed by atoms with Gasteiger partial charge in [-0.05, 0) is 60.7 Å². The molecule has 0 aliphatic rings. The first kappa shape index (κ1) is 20.4. The number of nitrogens with zero attached hydrogens (tertiary/aromatic N) is 3. The minimum Gasteiger partial charge on any atom is -0.363 e. The predicted molar refractivity (Wildman–Crippen MR) is 117 cm³/mol. The molecule has 0 aliphatic heterocycles. The average molecular weight is 409 g/mol. The molecule has 148 valence electrons. The van der Waals surface area contributed by atoms with Gasteiger partial charge in [-0.3, -0.25) is 9.59 Å². The summed E-state index contributed by atoms with van der Waals surface area (Å²) in [4.78, 5) is 32.6. The molecule has 3 aromatic rings. The smallest absolute Gasteiger partial charge is 0.258 e. The number of pyridine rings is 1. The number of anilines is 3. The summed E-state index contributed by atoms with van der Waals surface area (Å²) in [7, 11) is 5.47. The molecule has 0 bridgehead atoms. The van der Waals surface area contributed by atoms with Crippen molar-refractivity contribution >= 4 is 40.6 Å². The molecule has 0 aliphatic carbocycles. The molecule has 1 heterocycles. The average Bonchev–Trinajstić information content (AvgIpc) is 2.74. The van der Waals surface area contributed by atoms with Crippen LogP contribution < -0.4 is 15.1 Å². The number of hydrogen-bond acceptors (Lipinski definition) is 4. The Kier molecular flexibility index (Phi) is 6.14. The summed E-state index contributed by atoms with van der Waals surface area (Å²) in [5.41, 5.74) is 2.35. The Balaban J connectivity index is 1.67. The van der Waals surface area contributed by atoms with Crippen molar-refractivity contribution in [1.29, 1.82) is 0 Å². The van der Waals surface area contributed by atoms with Gasteiger partial charge in [-0.1, -0.05) is 11.6 Å². The van der Waals surface area contributed by atoms with E-state index in [9.17, 15) is 9.59 Å². The summed E-state index contributed by atoms with van der Waals surface area (Å²) in [5.74, 6) is 0.381. The van der Waals surface area contributed by atoms with Crippen molar-refractivity contribution in [3.63, 3.8) is 0 Å². The fourth-order valence-corrected chi connectivity index (χ4v) is 2.79. The second-order valence-corrected chi connectivity index (χ2v) is 7.11. The number of nitrogens with one attached hydrogen (secondary N) is 1. The lowest BCUT2D eigenvalue weighted by Crippen LogP contribution is -2.26. The normalized spacial score (nSPS) is 10.3. The van der Waals surface area contributed by atoms with E-state index in [4.69, 9.17) is 11.6 Å². The number of rotatable bonds is 5. The van der Waals surface area contributed by atoms with Crippen molar-refractivity contribution in [3.8, 4) is 0 Å². The van der Waals surface area contributed by atoms with E-state index in [-0.39, 0.29) is 11.8 Å². The lowest BCUT2D eigenvalue weighted by Gasteiger charge is -2.18. The van der Waals surface area contributed by atoms with Crippen molar-refractivity contribution in [2.24, 2.45) is 0 Å². The summed E-state index contributed by atoms with van der Waals surface area (Å²) in [6.07, 6.45) is 1.54. The maximum Gasteiger partial charge on any atom is 0.258 e. The van der Waals surface area contributed by atoms with Crippen molar-refractivity contribution in [1.82, 2.24) is 4.98 Å². The van der Waals surface area contributed by atoms with E-state index in [0.717, 1.165) is 5.82 Å². The minimum absolute atomic E-state index is 0.148. The summed E-state index contributed by atoms with van der Waals surface area (Å²) in [6, 6.07) is 17.3. The number of hydrogen-bond donors (Lipinski definition) is 1. The third-order valence-electron chi connectivity index (χ3n) is 4.38. The fraction of sp³-hybridized carbons (Fsp3) is 0.136. The summed E-state index contributed by atoms with van der Waals surface area (Å²) in [5, 5.41) is 3.41. The van der Waals surface area contributed by atoms with Crippen molar-refractivity contribution in [2.75, 3.05) is 36.3 Å². The van der Waals surface area contributed by atoms with Crippen molar-refractivity contribution in [2.45, 2.75) is 0 Å². The molecule has 1 N–H and O–H groups in total. The largest absolute Gasteiger partial charge is 0.363 e. The van der Waals surface area contributed by atoms with E-state index in [2.05, 4.69) is 10.3 Å². The molecule has 7 heteroatoms. The zero-order valence-electron chi connectivity index (χ0n) is 16.4. The van der Waals surface area contributed by atoms with E-state index >= 15 is 0 Å². The Morgan fingerprint density at radius 3 is 2.03 bits per heavy atom. The molecule has 29 heavy (non-hydrogen) atoms. The molecule has 0 atom stereocenters. The second kappa shape index (κ2) is 8.75. The van der Waals surface area contributed by atoms with Gasteiger partial charge in [-0.25, -0.2) is 4.98 Å². The molecule has 0 radical (unpaired) electrons. The lowest BCUT2D eigenvalue weighted by molar-refractivity contribution is 0.0991. The van der Waals surface area contributed by atoms with E-state index in [1.807, 2.05) is 19.0 Å². The standard InChI is InChI=1S/C22H21ClN4O2/c1-26(2)20-13-6-16(14-24-20)21(28)25-18-9-11-19(12-10-18)27(3)22(29)15-4-7-17(23)8-5-15/h4-14H,1-3H3,(H,25,28). The topological polar surface area (TPSA) is 65.5 Å². The van der Waals surface area contributed by atoms with Crippen molar-refractivity contribution in [3.05, 3.63) is 83.0 Å². The number of aromatic nitrogens is 1. The molecule has 0 unspecified atom stereocenters. The molecular weight excluding hydrogens is 388 g/mol. The van der Waals surface area contributed by atoms with Gasteiger partial charge in [-0.15, -0.1) is 0 Å². The van der Waals surface area contributed by atoms with Crippen LogP contribution in [0.25, 0.3) is 0 Å². The van der Waals surface area contributed by atoms with Gasteiger partial charge in [0.05, 0.1) is 5.56 Å². The molecule has 0 saturated heterocycles. The van der Waals surface area contributed by atoms with Crippen LogP contribution in [0.3, 0.4) is 0 Å². The van der Waals surface area contributed by atoms with Crippen molar-refractivity contribution < 1.29 is 9.59 Å². The minimum atomic E-state index is -0.249. The van der Waals surface area contributed by atoms with E-state index in [1.165, 1.54) is 6.20 Å². The molecule has 0 spiro atoms. The molecular formula is C22H21ClN4O2. The van der Waals surface area contributed by atoms with Gasteiger partial charge in [0.2, 0.25) is 0 Å². The van der Waals surface area contributed by atoms with Crippen LogP contribution in [-0.2, 0) is 0 Å². The zero-order chi connectivity index (χ0) is 21.0. The second-order valence-electron chi connectivity index (χ2n) is 6.67. The van der Waals surface area contributed by atoms with E-state index in [1.54, 1.807) is 72.6 Å². The van der Waals surface area contributed by atoms with E-state index in [0.29, 0.717) is 27.5 Å². The quantitative estimate of drug-likeness (QED) is 0.682. The van der Waals surface area contributed by atoms with Gasteiger partial charge in [0, 0.05) is 49.3 Å². The Morgan fingerprint density at radius 1 is 0.862 bits per heavy atom. The highest BCUT2D eigenvalue weighted by molar-refractivity contribution is 6.30. The molecule has 0 saturated carbocycles. The molecule has 2 amide bonds. The van der Waals surface area contributed by atoms with Gasteiger partial charge in [0.1, 0.15) is 5.82 Å². The van der Waals surface area contributed by atoms with Crippen LogP contribution >= 0.6 is 11.6 Å². The first-order valence-electron chi connectivity index (χ1n) is 8.93. The number of carbonyl (C=O) groups excluding carboxylic acids is 2. The van der Waals surface area contributed by atoms with Gasteiger partial charge in [0.15, 0.2) is 0 Å². The summed E-state index contributed by atoms with van der Waals surface area (Å²) >= 11 is 5.87. The van der Waals surface area contributed by atoms with Crippen LogP contribution in [0, 0.1) is 0 Å². The van der Waals surface area contributed by atoms with Crippen LogP contribution in [0.2, 0.25) is 5.02 Å². The number of halogens is 1. The first-order valence-corrected chi connectivity index (χ1v) is 9.31. The Labute approximate surface area is 174 Å². The highest BCUT2D eigenvalue weighted by Gasteiger charge is 2.14. The predicted octanol–water partition coefficient (Wildman–Crippen LogP) is 4.33. The van der Waals surface area contributed by atoms with Crippen LogP contribution in [0.1, 0.15) is 20.7 Å². The van der Waals surface area contributed by atoms with Gasteiger partial charge in [0.25, 0.3) is 11.8 Å². The number of carbonyl (C=O) groups is 2. The highest BCUT2D eigenvalue weighted by Crippen LogP contribution is 2.20. The number of amides is 2. The monoisotopic (exact) mass is 408 g/mol. The third kappa shape index (κ3) is 4.92. The molecule has 0 fully saturated rings. The Bertz CT molecular complexity index is 1000. The van der Waals surface area contributed by atoms with Crippen LogP contribution in [0.5, 0.6) is 0 Å². The van der Waals surface area contributed by atoms with Crippen LogP contribution in [0.15, 0.2) is 66.9 Å². The van der Waals surface area contributed by atoms with E-state index < -0.39 is 0 Å². The highest BCUT2D eigenvalue weighted by atomic mass is 35.5. The molecule has 1 aromatic heterocycles. The molecule has 3 rings (SSSR count). The lowest BCUT2D eigenvalue weighted by atomic mass is 10.2. The maximum absolute atomic E-state index is 12.6. The summed E-state index contributed by atoms with van der Waals surface area (Å²) in [6.45, 7) is 0. The van der Waals surface area contributed by atoms with Gasteiger partial charge < -0.3 is 15.1 Å². The first-order chi connectivity index (χ1) is 13.8. The Hall–Kier alpha value is -3.38. The fourth-order valence-electron chi connectivity index (χ4n) is 2.66. The summed E-state index contributed by atoms with van der Waals surface area (Å²) < 4.78 is 0. The van der Waals surface area contributed by atoms with Gasteiger partial charge in [-0.2, -0.15) is 0 Å². The molecule has 2 aromatic carbocycles. The number of benzene rings is 2. The van der Waals surface area contributed by atoms with Gasteiger partial charge >= 0.3 is 0 Å².